The van der Waals surface area contributed by atoms with Crippen molar-refractivity contribution < 1.29 is 4.74 Å². The van der Waals surface area contributed by atoms with Gasteiger partial charge in [0.15, 0.2) is 0 Å². The van der Waals surface area contributed by atoms with Crippen LogP contribution in [0.5, 0.6) is 5.88 Å². The Bertz CT molecular complexity index is 468. The van der Waals surface area contributed by atoms with E-state index in [2.05, 4.69) is 31.0 Å². The maximum absolute atomic E-state index is 5.14. The lowest BCUT2D eigenvalue weighted by atomic mass is 10.3. The number of ether oxygens (including phenoxy) is 1. The van der Waals surface area contributed by atoms with E-state index in [4.69, 9.17) is 4.74 Å². The van der Waals surface area contributed by atoms with Crippen LogP contribution in [-0.2, 0) is 12.4 Å². The average Bonchev–Trinajstić information content (AvgIpc) is 2.55. The lowest BCUT2D eigenvalue weighted by Gasteiger charge is -2.00. The predicted octanol–water partition coefficient (Wildman–Crippen LogP) is 1.27. The molecule has 0 bridgehead atoms. The molecule has 2 aromatic heterocycles. The molecule has 5 nitrogen and oxygen atoms in total. The van der Waals surface area contributed by atoms with Gasteiger partial charge >= 0.3 is 0 Å². The van der Waals surface area contributed by atoms with Crippen molar-refractivity contribution in [1.82, 2.24) is 19.7 Å². The van der Waals surface area contributed by atoms with Crippen LogP contribution >= 0.6 is 15.9 Å². The van der Waals surface area contributed by atoms with Gasteiger partial charge in [-0.2, -0.15) is 10.1 Å². The Morgan fingerprint density at radius 1 is 1.50 bits per heavy atom. The molecular weight excluding hydrogens is 248 g/mol. The van der Waals surface area contributed by atoms with Gasteiger partial charge in [0.2, 0.25) is 5.88 Å². The molecule has 0 saturated carbocycles. The molecule has 0 unspecified atom stereocenters. The minimum Gasteiger partial charge on any atom is -0.479 e. The standard InChI is InChI=1S/C8H9BrN4O/c1-13-7-6(5(3-9)12-13)10-4-11-8(7)14-2/h4H,3H2,1-2H3. The Hall–Kier alpha value is -1.17. The van der Waals surface area contributed by atoms with Gasteiger partial charge in [0.25, 0.3) is 0 Å². The number of hydrogen-bond donors (Lipinski definition) is 0. The highest BCUT2D eigenvalue weighted by Gasteiger charge is 2.13. The van der Waals surface area contributed by atoms with Gasteiger partial charge in [0.05, 0.1) is 12.8 Å². The average molecular weight is 257 g/mol. The van der Waals surface area contributed by atoms with Crippen molar-refractivity contribution in [3.05, 3.63) is 12.0 Å². The minimum atomic E-state index is 0.553. The van der Waals surface area contributed by atoms with E-state index in [1.807, 2.05) is 7.05 Å². The zero-order valence-corrected chi connectivity index (χ0v) is 9.45. The zero-order chi connectivity index (χ0) is 10.1. The third kappa shape index (κ3) is 1.26. The minimum absolute atomic E-state index is 0.553. The van der Waals surface area contributed by atoms with E-state index in [9.17, 15) is 0 Å². The molecule has 2 heterocycles. The number of aromatic nitrogens is 4. The molecule has 2 aromatic rings. The van der Waals surface area contributed by atoms with E-state index >= 15 is 0 Å². The van der Waals surface area contributed by atoms with Crippen LogP contribution in [0.25, 0.3) is 11.0 Å². The van der Waals surface area contributed by atoms with E-state index in [1.165, 1.54) is 6.33 Å². The highest BCUT2D eigenvalue weighted by atomic mass is 79.9. The van der Waals surface area contributed by atoms with Crippen molar-refractivity contribution in [2.24, 2.45) is 7.05 Å². The van der Waals surface area contributed by atoms with Crippen molar-refractivity contribution in [1.29, 1.82) is 0 Å². The van der Waals surface area contributed by atoms with Crippen LogP contribution in [0.4, 0.5) is 0 Å². The first kappa shape index (κ1) is 9.39. The van der Waals surface area contributed by atoms with Gasteiger partial charge < -0.3 is 4.74 Å². The monoisotopic (exact) mass is 256 g/mol. The van der Waals surface area contributed by atoms with Crippen LogP contribution in [-0.4, -0.2) is 26.9 Å². The molecule has 0 N–H and O–H groups in total. The molecule has 14 heavy (non-hydrogen) atoms. The van der Waals surface area contributed by atoms with Gasteiger partial charge in [0, 0.05) is 12.4 Å². The fourth-order valence-corrected chi connectivity index (χ4v) is 1.76. The van der Waals surface area contributed by atoms with Crippen molar-refractivity contribution in [3.8, 4) is 5.88 Å². The molecule has 0 aliphatic rings. The van der Waals surface area contributed by atoms with Crippen LogP contribution in [0.15, 0.2) is 6.33 Å². The molecule has 0 aromatic carbocycles. The quantitative estimate of drug-likeness (QED) is 0.760. The number of halogens is 1. The maximum Gasteiger partial charge on any atom is 0.243 e. The summed E-state index contributed by atoms with van der Waals surface area (Å²) in [6, 6.07) is 0. The topological polar surface area (TPSA) is 52.8 Å². The first-order chi connectivity index (χ1) is 6.77. The highest BCUT2D eigenvalue weighted by Crippen LogP contribution is 2.23. The summed E-state index contributed by atoms with van der Waals surface area (Å²) in [5.74, 6) is 0.553. The fourth-order valence-electron chi connectivity index (χ4n) is 1.38. The molecule has 0 aliphatic heterocycles. The van der Waals surface area contributed by atoms with Crippen molar-refractivity contribution in [2.45, 2.75) is 5.33 Å². The van der Waals surface area contributed by atoms with Crippen LogP contribution in [0.2, 0.25) is 0 Å². The van der Waals surface area contributed by atoms with Crippen LogP contribution < -0.4 is 4.74 Å². The molecule has 0 radical (unpaired) electrons. The van der Waals surface area contributed by atoms with Crippen molar-refractivity contribution in [3.63, 3.8) is 0 Å². The second-order valence-corrected chi connectivity index (χ2v) is 3.34. The largest absolute Gasteiger partial charge is 0.479 e. The molecule has 0 aliphatic carbocycles. The van der Waals surface area contributed by atoms with Gasteiger partial charge in [-0.15, -0.1) is 0 Å². The summed E-state index contributed by atoms with van der Waals surface area (Å²) in [6.07, 6.45) is 1.48. The molecule has 74 valence electrons. The van der Waals surface area contributed by atoms with Crippen molar-refractivity contribution in [2.75, 3.05) is 7.11 Å². The number of rotatable bonds is 2. The Kier molecular flexibility index (Phi) is 2.37. The Morgan fingerprint density at radius 2 is 2.29 bits per heavy atom. The van der Waals surface area contributed by atoms with Gasteiger partial charge in [-0.25, -0.2) is 4.98 Å². The lowest BCUT2D eigenvalue weighted by molar-refractivity contribution is 0.400. The molecule has 0 atom stereocenters. The van der Waals surface area contributed by atoms with Crippen LogP contribution in [0.3, 0.4) is 0 Å². The number of methoxy groups -OCH3 is 1. The predicted molar refractivity (Wildman–Crippen MR) is 55.5 cm³/mol. The number of hydrogen-bond acceptors (Lipinski definition) is 4. The summed E-state index contributed by atoms with van der Waals surface area (Å²) in [5, 5.41) is 4.98. The Labute approximate surface area is 89.2 Å². The number of alkyl halides is 1. The van der Waals surface area contributed by atoms with Gasteiger partial charge in [-0.1, -0.05) is 15.9 Å². The number of nitrogens with zero attached hydrogens (tertiary/aromatic N) is 4. The van der Waals surface area contributed by atoms with E-state index in [0.717, 1.165) is 16.7 Å². The summed E-state index contributed by atoms with van der Waals surface area (Å²) in [7, 11) is 3.43. The van der Waals surface area contributed by atoms with E-state index < -0.39 is 0 Å². The molecule has 0 spiro atoms. The summed E-state index contributed by atoms with van der Waals surface area (Å²) < 4.78 is 6.87. The smallest absolute Gasteiger partial charge is 0.243 e. The van der Waals surface area contributed by atoms with E-state index in [1.54, 1.807) is 11.8 Å². The normalized spacial score (nSPS) is 10.8. The maximum atomic E-state index is 5.14. The number of aryl methyl sites for hydroxylation is 1. The summed E-state index contributed by atoms with van der Waals surface area (Å²) in [6.45, 7) is 0. The molecule has 2 rings (SSSR count). The second-order valence-electron chi connectivity index (χ2n) is 2.78. The Balaban J connectivity index is 2.81. The highest BCUT2D eigenvalue weighted by molar-refractivity contribution is 9.08. The lowest BCUT2D eigenvalue weighted by Crippen LogP contribution is -1.95. The first-order valence-electron chi connectivity index (χ1n) is 4.04. The SMILES string of the molecule is COc1ncnc2c(CBr)nn(C)c12. The number of fused-ring (bicyclic) bond motifs is 1. The summed E-state index contributed by atoms with van der Waals surface area (Å²) in [5.41, 5.74) is 2.55. The van der Waals surface area contributed by atoms with Crippen LogP contribution in [0, 0.1) is 0 Å². The van der Waals surface area contributed by atoms with Gasteiger partial charge in [-0.3, -0.25) is 4.68 Å². The van der Waals surface area contributed by atoms with E-state index in [-0.39, 0.29) is 0 Å². The second kappa shape index (κ2) is 3.53. The molecule has 0 fully saturated rings. The zero-order valence-electron chi connectivity index (χ0n) is 7.86. The molecule has 0 saturated heterocycles. The Morgan fingerprint density at radius 3 is 2.93 bits per heavy atom. The molecule has 0 amide bonds. The molecule has 6 heteroatoms. The van der Waals surface area contributed by atoms with Gasteiger partial charge in [-0.05, 0) is 0 Å². The first-order valence-corrected chi connectivity index (χ1v) is 5.16. The third-order valence-electron chi connectivity index (χ3n) is 1.98. The third-order valence-corrected chi connectivity index (χ3v) is 2.51. The van der Waals surface area contributed by atoms with Crippen LogP contribution in [0.1, 0.15) is 5.69 Å². The summed E-state index contributed by atoms with van der Waals surface area (Å²) >= 11 is 3.36. The van der Waals surface area contributed by atoms with Crippen molar-refractivity contribution >= 4 is 27.0 Å². The fraction of sp³-hybridized carbons (Fsp3) is 0.375. The van der Waals surface area contributed by atoms with Gasteiger partial charge in [0.1, 0.15) is 17.4 Å². The van der Waals surface area contributed by atoms with E-state index in [0.29, 0.717) is 11.2 Å². The summed E-state index contributed by atoms with van der Waals surface area (Å²) in [4.78, 5) is 8.20. The molecular formula is C8H9BrN4O.